The van der Waals surface area contributed by atoms with Crippen LogP contribution in [0.15, 0.2) is 60.7 Å². The van der Waals surface area contributed by atoms with Crippen LogP contribution in [0, 0.1) is 11.8 Å². The first-order chi connectivity index (χ1) is 11.8. The van der Waals surface area contributed by atoms with Crippen molar-refractivity contribution in [1.82, 2.24) is 0 Å². The van der Waals surface area contributed by atoms with E-state index in [1.54, 1.807) is 0 Å². The number of fused-ring (bicyclic) bond motifs is 1. The standard InChI is InChI=1S/C24H24/c1-3-5-19-7-9-20(10-8-19)11-12-22-14-16-23-17-21(6-4-2)13-15-24(23)18-22/h7-10,13-18H,3-6H2,1-2H3. The molecule has 0 aromatic heterocycles. The maximum Gasteiger partial charge on any atom is 0.0255 e. The number of rotatable bonds is 4. The van der Waals surface area contributed by atoms with Gasteiger partial charge < -0.3 is 0 Å². The molecule has 3 rings (SSSR count). The molecule has 0 radical (unpaired) electrons. The first-order valence-electron chi connectivity index (χ1n) is 8.92. The number of benzene rings is 3. The van der Waals surface area contributed by atoms with Crippen LogP contribution in [0.5, 0.6) is 0 Å². The van der Waals surface area contributed by atoms with Crippen molar-refractivity contribution >= 4 is 10.8 Å². The molecule has 0 saturated carbocycles. The Bertz CT molecular complexity index is 873. The summed E-state index contributed by atoms with van der Waals surface area (Å²) in [4.78, 5) is 0. The molecule has 0 heteroatoms. The summed E-state index contributed by atoms with van der Waals surface area (Å²) in [7, 11) is 0. The third kappa shape index (κ3) is 4.06. The third-order valence-electron chi connectivity index (χ3n) is 4.29. The highest BCUT2D eigenvalue weighted by Gasteiger charge is 1.98. The van der Waals surface area contributed by atoms with Gasteiger partial charge in [-0.3, -0.25) is 0 Å². The van der Waals surface area contributed by atoms with Crippen molar-refractivity contribution in [3.8, 4) is 11.8 Å². The average molecular weight is 312 g/mol. The van der Waals surface area contributed by atoms with E-state index < -0.39 is 0 Å². The van der Waals surface area contributed by atoms with Gasteiger partial charge in [-0.25, -0.2) is 0 Å². The molecular formula is C24H24. The molecule has 0 unspecified atom stereocenters. The third-order valence-corrected chi connectivity index (χ3v) is 4.29. The predicted molar refractivity (Wildman–Crippen MR) is 104 cm³/mol. The second-order valence-electron chi connectivity index (χ2n) is 6.34. The molecule has 3 aromatic carbocycles. The van der Waals surface area contributed by atoms with Crippen LogP contribution < -0.4 is 0 Å². The monoisotopic (exact) mass is 312 g/mol. The molecule has 0 spiro atoms. The van der Waals surface area contributed by atoms with Crippen LogP contribution in [-0.4, -0.2) is 0 Å². The Morgan fingerprint density at radius 3 is 1.88 bits per heavy atom. The van der Waals surface area contributed by atoms with Gasteiger partial charge in [0.05, 0.1) is 0 Å². The fourth-order valence-corrected chi connectivity index (χ4v) is 3.00. The van der Waals surface area contributed by atoms with Gasteiger partial charge in [0.15, 0.2) is 0 Å². The lowest BCUT2D eigenvalue weighted by molar-refractivity contribution is 0.922. The molecule has 0 amide bonds. The molecule has 0 nitrogen and oxygen atoms in total. The molecule has 0 heterocycles. The fourth-order valence-electron chi connectivity index (χ4n) is 3.00. The van der Waals surface area contributed by atoms with Gasteiger partial charge in [0, 0.05) is 11.1 Å². The Morgan fingerprint density at radius 1 is 0.583 bits per heavy atom. The molecule has 0 fully saturated rings. The van der Waals surface area contributed by atoms with E-state index in [1.165, 1.54) is 34.7 Å². The lowest BCUT2D eigenvalue weighted by Gasteiger charge is -2.03. The van der Waals surface area contributed by atoms with Crippen LogP contribution in [0.1, 0.15) is 48.9 Å². The zero-order chi connectivity index (χ0) is 16.8. The lowest BCUT2D eigenvalue weighted by atomic mass is 10.0. The Kier molecular flexibility index (Phi) is 5.34. The molecule has 0 bridgehead atoms. The van der Waals surface area contributed by atoms with Crippen molar-refractivity contribution in [2.45, 2.75) is 39.5 Å². The molecule has 24 heavy (non-hydrogen) atoms. The van der Waals surface area contributed by atoms with Crippen molar-refractivity contribution in [1.29, 1.82) is 0 Å². The van der Waals surface area contributed by atoms with E-state index in [1.807, 2.05) is 0 Å². The Balaban J connectivity index is 1.81. The van der Waals surface area contributed by atoms with Crippen LogP contribution in [0.2, 0.25) is 0 Å². The largest absolute Gasteiger partial charge is 0.0651 e. The smallest absolute Gasteiger partial charge is 0.0255 e. The summed E-state index contributed by atoms with van der Waals surface area (Å²) < 4.78 is 0. The zero-order valence-corrected chi connectivity index (χ0v) is 14.6. The van der Waals surface area contributed by atoms with Gasteiger partial charge in [-0.15, -0.1) is 0 Å². The summed E-state index contributed by atoms with van der Waals surface area (Å²) >= 11 is 0. The fraction of sp³-hybridized carbons (Fsp3) is 0.250. The van der Waals surface area contributed by atoms with Crippen LogP contribution in [0.25, 0.3) is 10.8 Å². The topological polar surface area (TPSA) is 0 Å². The van der Waals surface area contributed by atoms with Gasteiger partial charge in [-0.2, -0.15) is 0 Å². The molecule has 120 valence electrons. The highest BCUT2D eigenvalue weighted by atomic mass is 14.0. The SMILES string of the molecule is CCCc1ccc(C#Cc2ccc3cc(CCC)ccc3c2)cc1. The molecule has 0 aliphatic heterocycles. The van der Waals surface area contributed by atoms with Gasteiger partial charge >= 0.3 is 0 Å². The Morgan fingerprint density at radius 2 is 1.12 bits per heavy atom. The summed E-state index contributed by atoms with van der Waals surface area (Å²) in [6.45, 7) is 4.43. The van der Waals surface area contributed by atoms with Crippen molar-refractivity contribution in [3.63, 3.8) is 0 Å². The maximum absolute atomic E-state index is 3.29. The summed E-state index contributed by atoms with van der Waals surface area (Å²) in [6, 6.07) is 21.8. The van der Waals surface area contributed by atoms with Gasteiger partial charge in [0.2, 0.25) is 0 Å². The van der Waals surface area contributed by atoms with Crippen LogP contribution in [0.3, 0.4) is 0 Å². The van der Waals surface area contributed by atoms with Crippen molar-refractivity contribution in [3.05, 3.63) is 82.9 Å². The van der Waals surface area contributed by atoms with E-state index in [0.29, 0.717) is 0 Å². The molecule has 0 aliphatic carbocycles. The predicted octanol–water partition coefficient (Wildman–Crippen LogP) is 6.14. The molecular weight excluding hydrogens is 288 g/mol. The first kappa shape index (κ1) is 16.3. The van der Waals surface area contributed by atoms with Gasteiger partial charge in [0.1, 0.15) is 0 Å². The van der Waals surface area contributed by atoms with Crippen LogP contribution in [0.4, 0.5) is 0 Å². The van der Waals surface area contributed by atoms with E-state index in [0.717, 1.165) is 24.0 Å². The van der Waals surface area contributed by atoms with E-state index >= 15 is 0 Å². The Hall–Kier alpha value is -2.52. The van der Waals surface area contributed by atoms with Gasteiger partial charge in [-0.1, -0.05) is 74.9 Å². The minimum Gasteiger partial charge on any atom is -0.0651 e. The second kappa shape index (κ2) is 7.84. The van der Waals surface area contributed by atoms with E-state index in [2.05, 4.69) is 86.4 Å². The summed E-state index contributed by atoms with van der Waals surface area (Å²) in [6.07, 6.45) is 4.65. The normalized spacial score (nSPS) is 10.4. The molecule has 3 aromatic rings. The van der Waals surface area contributed by atoms with E-state index in [9.17, 15) is 0 Å². The molecule has 0 N–H and O–H groups in total. The first-order valence-corrected chi connectivity index (χ1v) is 8.92. The minimum absolute atomic E-state index is 1.07. The Labute approximate surface area is 145 Å². The highest BCUT2D eigenvalue weighted by Crippen LogP contribution is 2.18. The highest BCUT2D eigenvalue weighted by molar-refractivity contribution is 5.84. The summed E-state index contributed by atoms with van der Waals surface area (Å²) in [5, 5.41) is 2.57. The zero-order valence-electron chi connectivity index (χ0n) is 14.6. The van der Waals surface area contributed by atoms with Crippen LogP contribution in [-0.2, 0) is 12.8 Å². The number of aryl methyl sites for hydroxylation is 2. The quantitative estimate of drug-likeness (QED) is 0.507. The van der Waals surface area contributed by atoms with Crippen molar-refractivity contribution in [2.75, 3.05) is 0 Å². The minimum atomic E-state index is 1.07. The lowest BCUT2D eigenvalue weighted by Crippen LogP contribution is -1.84. The average Bonchev–Trinajstić information content (AvgIpc) is 2.61. The van der Waals surface area contributed by atoms with Crippen LogP contribution >= 0.6 is 0 Å². The second-order valence-corrected chi connectivity index (χ2v) is 6.34. The van der Waals surface area contributed by atoms with Gasteiger partial charge in [0.25, 0.3) is 0 Å². The van der Waals surface area contributed by atoms with Crippen molar-refractivity contribution < 1.29 is 0 Å². The summed E-state index contributed by atoms with van der Waals surface area (Å²) in [5.74, 6) is 6.57. The van der Waals surface area contributed by atoms with Crippen molar-refractivity contribution in [2.24, 2.45) is 0 Å². The maximum atomic E-state index is 3.29. The summed E-state index contributed by atoms with van der Waals surface area (Å²) in [5.41, 5.74) is 4.95. The number of hydrogen-bond acceptors (Lipinski definition) is 0. The molecule has 0 saturated heterocycles. The van der Waals surface area contributed by atoms with E-state index in [-0.39, 0.29) is 0 Å². The molecule has 0 aliphatic rings. The molecule has 0 atom stereocenters. The van der Waals surface area contributed by atoms with E-state index in [4.69, 9.17) is 0 Å². The van der Waals surface area contributed by atoms with Gasteiger partial charge in [-0.05, 0) is 59.0 Å². The number of hydrogen-bond donors (Lipinski definition) is 0.